The number of allylic oxidation sites excluding steroid dienone is 2. The summed E-state index contributed by atoms with van der Waals surface area (Å²) in [7, 11) is 0. The number of nitrogens with one attached hydrogen (secondary N) is 2. The minimum Gasteiger partial charge on any atom is -0.317 e. The normalized spacial score (nSPS) is 11.6. The fourth-order valence-corrected chi connectivity index (χ4v) is 2.68. The topological polar surface area (TPSA) is 70.6 Å². The van der Waals surface area contributed by atoms with E-state index >= 15 is 0 Å². The van der Waals surface area contributed by atoms with E-state index in [-0.39, 0.29) is 5.70 Å². The highest BCUT2D eigenvalue weighted by molar-refractivity contribution is 6.30. The number of rotatable bonds is 7. The molecule has 0 unspecified atom stereocenters. The maximum absolute atomic E-state index is 12.6. The molecule has 31 heavy (non-hydrogen) atoms. The van der Waals surface area contributed by atoms with Gasteiger partial charge in [0.1, 0.15) is 5.70 Å². The molecular formula is C25H20ClN3O2. The zero-order chi connectivity index (χ0) is 21.9. The molecule has 154 valence electrons. The van der Waals surface area contributed by atoms with Gasteiger partial charge in [0.15, 0.2) is 0 Å². The lowest BCUT2D eigenvalue weighted by atomic mass is 10.2. The van der Waals surface area contributed by atoms with E-state index in [2.05, 4.69) is 15.8 Å². The molecule has 0 aliphatic heterocycles. The van der Waals surface area contributed by atoms with Crippen molar-refractivity contribution in [2.75, 3.05) is 0 Å². The summed E-state index contributed by atoms with van der Waals surface area (Å²) in [4.78, 5) is 25.1. The van der Waals surface area contributed by atoms with E-state index in [9.17, 15) is 9.59 Å². The number of hydrogen-bond acceptors (Lipinski definition) is 3. The van der Waals surface area contributed by atoms with Crippen molar-refractivity contribution in [3.05, 3.63) is 124 Å². The van der Waals surface area contributed by atoms with Crippen LogP contribution in [-0.4, -0.2) is 18.0 Å². The molecule has 5 nitrogen and oxygen atoms in total. The van der Waals surface area contributed by atoms with E-state index in [1.54, 1.807) is 54.6 Å². The van der Waals surface area contributed by atoms with Crippen LogP contribution in [0, 0.1) is 0 Å². The van der Waals surface area contributed by atoms with Crippen molar-refractivity contribution in [3.63, 3.8) is 0 Å². The second-order valence-corrected chi connectivity index (χ2v) is 6.86. The van der Waals surface area contributed by atoms with Gasteiger partial charge < -0.3 is 5.32 Å². The van der Waals surface area contributed by atoms with Gasteiger partial charge in [-0.15, -0.1) is 0 Å². The highest BCUT2D eigenvalue weighted by Gasteiger charge is 2.13. The number of amides is 2. The molecule has 3 aromatic rings. The molecule has 0 saturated carbocycles. The number of carbonyl (C=O) groups excluding carboxylic acids is 2. The number of halogens is 1. The summed E-state index contributed by atoms with van der Waals surface area (Å²) in [5.41, 5.74) is 4.68. The molecule has 0 fully saturated rings. The van der Waals surface area contributed by atoms with Crippen LogP contribution in [0.4, 0.5) is 0 Å². The standard InChI is InChI=1S/C25H20ClN3O2/c26-22-16-14-20(15-17-22)18-27-29-25(31)23(13-7-10-19-8-3-1-4-9-19)28-24(30)21-11-5-2-6-12-21/h1-18H,(H,28,30)(H,29,31). The van der Waals surface area contributed by atoms with E-state index in [0.717, 1.165) is 11.1 Å². The molecule has 0 bridgehead atoms. The van der Waals surface area contributed by atoms with Gasteiger partial charge in [-0.1, -0.05) is 84.4 Å². The van der Waals surface area contributed by atoms with E-state index in [1.807, 2.05) is 42.5 Å². The van der Waals surface area contributed by atoms with Crippen molar-refractivity contribution >= 4 is 35.7 Å². The first kappa shape index (κ1) is 21.7. The SMILES string of the molecule is O=C(NN=Cc1ccc(Cl)cc1)C(=CC=Cc1ccccc1)NC(=O)c1ccccc1. The maximum Gasteiger partial charge on any atom is 0.287 e. The smallest absolute Gasteiger partial charge is 0.287 e. The molecule has 0 aliphatic carbocycles. The van der Waals surface area contributed by atoms with Crippen molar-refractivity contribution in [2.24, 2.45) is 5.10 Å². The molecule has 3 aromatic carbocycles. The first-order chi connectivity index (χ1) is 15.1. The molecule has 0 saturated heterocycles. The van der Waals surface area contributed by atoms with E-state index in [4.69, 9.17) is 11.6 Å². The van der Waals surface area contributed by atoms with Gasteiger partial charge in [0, 0.05) is 10.6 Å². The molecule has 3 rings (SSSR count). The van der Waals surface area contributed by atoms with Crippen LogP contribution in [0.25, 0.3) is 6.08 Å². The Morgan fingerprint density at radius 1 is 0.806 bits per heavy atom. The largest absolute Gasteiger partial charge is 0.317 e. The Morgan fingerprint density at radius 3 is 2.13 bits per heavy atom. The van der Waals surface area contributed by atoms with E-state index in [0.29, 0.717) is 10.6 Å². The van der Waals surface area contributed by atoms with Gasteiger partial charge in [0.05, 0.1) is 6.21 Å². The van der Waals surface area contributed by atoms with Crippen LogP contribution in [0.15, 0.2) is 108 Å². The predicted molar refractivity (Wildman–Crippen MR) is 125 cm³/mol. The van der Waals surface area contributed by atoms with Gasteiger partial charge in [0.25, 0.3) is 11.8 Å². The number of carbonyl (C=O) groups is 2. The van der Waals surface area contributed by atoms with Crippen LogP contribution in [0.2, 0.25) is 5.02 Å². The van der Waals surface area contributed by atoms with Crippen LogP contribution in [-0.2, 0) is 4.79 Å². The predicted octanol–water partition coefficient (Wildman–Crippen LogP) is 4.82. The zero-order valence-corrected chi connectivity index (χ0v) is 17.3. The lowest BCUT2D eigenvalue weighted by Gasteiger charge is -2.08. The van der Waals surface area contributed by atoms with E-state index in [1.165, 1.54) is 12.3 Å². The Labute approximate surface area is 185 Å². The third-order valence-corrected chi connectivity index (χ3v) is 4.38. The molecule has 0 aromatic heterocycles. The summed E-state index contributed by atoms with van der Waals surface area (Å²) in [5, 5.41) is 7.21. The van der Waals surface area contributed by atoms with Gasteiger partial charge >= 0.3 is 0 Å². The summed E-state index contributed by atoms with van der Waals surface area (Å²) in [6.45, 7) is 0. The number of hydrazone groups is 1. The number of hydrogen-bond donors (Lipinski definition) is 2. The number of nitrogens with zero attached hydrogens (tertiary/aromatic N) is 1. The highest BCUT2D eigenvalue weighted by Crippen LogP contribution is 2.08. The minimum atomic E-state index is -0.549. The van der Waals surface area contributed by atoms with Gasteiger partial charge in [-0.2, -0.15) is 5.10 Å². The van der Waals surface area contributed by atoms with Crippen LogP contribution in [0.1, 0.15) is 21.5 Å². The molecule has 0 spiro atoms. The Morgan fingerprint density at radius 2 is 1.45 bits per heavy atom. The third-order valence-electron chi connectivity index (χ3n) is 4.13. The molecule has 6 heteroatoms. The van der Waals surface area contributed by atoms with Crippen molar-refractivity contribution in [2.45, 2.75) is 0 Å². The van der Waals surface area contributed by atoms with Gasteiger partial charge in [-0.25, -0.2) is 5.43 Å². The van der Waals surface area contributed by atoms with Gasteiger partial charge in [0.2, 0.25) is 0 Å². The van der Waals surface area contributed by atoms with Crippen molar-refractivity contribution in [1.82, 2.24) is 10.7 Å². The first-order valence-electron chi connectivity index (χ1n) is 9.50. The van der Waals surface area contributed by atoms with E-state index < -0.39 is 11.8 Å². The molecule has 0 radical (unpaired) electrons. The zero-order valence-electron chi connectivity index (χ0n) is 16.5. The molecule has 0 aliphatic rings. The molecule has 2 amide bonds. The Balaban J connectivity index is 1.74. The van der Waals surface area contributed by atoms with Crippen molar-refractivity contribution in [1.29, 1.82) is 0 Å². The average Bonchev–Trinajstić information content (AvgIpc) is 2.81. The summed E-state index contributed by atoms with van der Waals surface area (Å²) in [6, 6.07) is 25.3. The summed E-state index contributed by atoms with van der Waals surface area (Å²) in [5.74, 6) is -0.941. The Hall–Kier alpha value is -3.96. The van der Waals surface area contributed by atoms with Crippen molar-refractivity contribution < 1.29 is 9.59 Å². The fourth-order valence-electron chi connectivity index (χ4n) is 2.55. The maximum atomic E-state index is 12.6. The van der Waals surface area contributed by atoms with Crippen LogP contribution in [0.3, 0.4) is 0 Å². The Bertz CT molecular complexity index is 1110. The summed E-state index contributed by atoms with van der Waals surface area (Å²) >= 11 is 5.86. The summed E-state index contributed by atoms with van der Waals surface area (Å²) in [6.07, 6.45) is 6.54. The monoisotopic (exact) mass is 429 g/mol. The quantitative estimate of drug-likeness (QED) is 0.245. The minimum absolute atomic E-state index is 0.0642. The average molecular weight is 430 g/mol. The van der Waals surface area contributed by atoms with Gasteiger partial charge in [-0.3, -0.25) is 9.59 Å². The summed E-state index contributed by atoms with van der Waals surface area (Å²) < 4.78 is 0. The number of benzene rings is 3. The van der Waals surface area contributed by atoms with Gasteiger partial charge in [-0.05, 0) is 41.5 Å². The molecule has 2 N–H and O–H groups in total. The lowest BCUT2D eigenvalue weighted by molar-refractivity contribution is -0.117. The van der Waals surface area contributed by atoms with Crippen molar-refractivity contribution in [3.8, 4) is 0 Å². The first-order valence-corrected chi connectivity index (χ1v) is 9.88. The fraction of sp³-hybridized carbons (Fsp3) is 0. The lowest BCUT2D eigenvalue weighted by Crippen LogP contribution is -2.32. The second-order valence-electron chi connectivity index (χ2n) is 6.42. The molecule has 0 atom stereocenters. The van der Waals surface area contributed by atoms with Crippen LogP contribution in [0.5, 0.6) is 0 Å². The highest BCUT2D eigenvalue weighted by atomic mass is 35.5. The molecular weight excluding hydrogens is 410 g/mol. The van der Waals surface area contributed by atoms with Crippen LogP contribution >= 0.6 is 11.6 Å². The molecule has 0 heterocycles. The third kappa shape index (κ3) is 7.10. The second kappa shape index (κ2) is 11.3. The van der Waals surface area contributed by atoms with Crippen LogP contribution < -0.4 is 10.7 Å². The Kier molecular flexibility index (Phi) is 7.91.